The molecule has 0 aliphatic heterocycles. The highest BCUT2D eigenvalue weighted by molar-refractivity contribution is 5.81. The smallest absolute Gasteiger partial charge is 0.211 e. The molecule has 1 aromatic rings. The van der Waals surface area contributed by atoms with Gasteiger partial charge in [-0.25, -0.2) is 0 Å². The maximum absolute atomic E-state index is 5.10. The zero-order valence-corrected chi connectivity index (χ0v) is 7.44. The molecular weight excluding hydrogens is 164 g/mol. The van der Waals surface area contributed by atoms with Crippen molar-refractivity contribution in [2.75, 3.05) is 0 Å². The molecule has 0 atom stereocenters. The van der Waals surface area contributed by atoms with E-state index in [9.17, 15) is 0 Å². The van der Waals surface area contributed by atoms with E-state index in [2.05, 4.69) is 10.2 Å². The van der Waals surface area contributed by atoms with Crippen molar-refractivity contribution in [1.29, 1.82) is 0 Å². The summed E-state index contributed by atoms with van der Waals surface area (Å²) in [7, 11) is 0. The fraction of sp³-hybridized carbons (Fsp3) is 0.111. The van der Waals surface area contributed by atoms with Gasteiger partial charge in [0, 0.05) is 0 Å². The lowest BCUT2D eigenvalue weighted by Crippen LogP contribution is -2.21. The van der Waals surface area contributed by atoms with Crippen LogP contribution in [0.25, 0.3) is 0 Å². The number of nitrogens with zero attached hydrogens (tertiary/aromatic N) is 2. The number of nitrogens with two attached hydrogens (primary N) is 2. The van der Waals surface area contributed by atoms with Gasteiger partial charge in [0.15, 0.2) is 0 Å². The first-order valence-corrected chi connectivity index (χ1v) is 3.87. The van der Waals surface area contributed by atoms with Crippen molar-refractivity contribution in [2.24, 2.45) is 21.7 Å². The van der Waals surface area contributed by atoms with E-state index in [4.69, 9.17) is 11.5 Å². The van der Waals surface area contributed by atoms with E-state index in [1.165, 1.54) is 5.56 Å². The number of hydrogen-bond donors (Lipinski definition) is 2. The Balaban J connectivity index is 2.75. The molecule has 0 aliphatic carbocycles. The summed E-state index contributed by atoms with van der Waals surface area (Å²) in [5, 5.41) is 7.19. The molecule has 0 fully saturated rings. The van der Waals surface area contributed by atoms with E-state index < -0.39 is 0 Å². The minimum Gasteiger partial charge on any atom is -0.369 e. The minimum atomic E-state index is -0.0381. The van der Waals surface area contributed by atoms with Crippen LogP contribution in [0.1, 0.15) is 11.1 Å². The minimum absolute atomic E-state index is 0.0381. The van der Waals surface area contributed by atoms with Crippen molar-refractivity contribution in [3.63, 3.8) is 0 Å². The Morgan fingerprint density at radius 2 is 2.15 bits per heavy atom. The van der Waals surface area contributed by atoms with Crippen molar-refractivity contribution in [3.05, 3.63) is 35.4 Å². The zero-order valence-electron chi connectivity index (χ0n) is 7.44. The highest BCUT2D eigenvalue weighted by Gasteiger charge is 1.86. The normalized spacial score (nSPS) is 10.2. The molecule has 0 aromatic heterocycles. The van der Waals surface area contributed by atoms with E-state index in [0.29, 0.717) is 0 Å². The predicted octanol–water partition coefficient (Wildman–Crippen LogP) is 0.602. The van der Waals surface area contributed by atoms with Crippen molar-refractivity contribution in [2.45, 2.75) is 6.92 Å². The van der Waals surface area contributed by atoms with Crippen molar-refractivity contribution < 1.29 is 0 Å². The summed E-state index contributed by atoms with van der Waals surface area (Å²) < 4.78 is 0. The summed E-state index contributed by atoms with van der Waals surface area (Å²) in [5.74, 6) is -0.0381. The number of benzene rings is 1. The van der Waals surface area contributed by atoms with Gasteiger partial charge in [-0.15, -0.1) is 5.10 Å². The van der Waals surface area contributed by atoms with Crippen LogP contribution < -0.4 is 11.5 Å². The number of hydrogen-bond acceptors (Lipinski definition) is 2. The van der Waals surface area contributed by atoms with Crippen LogP contribution in [-0.4, -0.2) is 12.2 Å². The van der Waals surface area contributed by atoms with Crippen LogP contribution in [0.2, 0.25) is 0 Å². The van der Waals surface area contributed by atoms with Gasteiger partial charge in [0.1, 0.15) is 0 Å². The second kappa shape index (κ2) is 4.25. The van der Waals surface area contributed by atoms with Crippen molar-refractivity contribution >= 4 is 12.2 Å². The standard InChI is InChI=1S/C9H12N4/c1-7-3-2-4-8(5-7)6-12-13-9(10)11/h2-6H,1H3,(H4,10,11,13). The number of aryl methyl sites for hydroxylation is 1. The maximum Gasteiger partial charge on any atom is 0.211 e. The summed E-state index contributed by atoms with van der Waals surface area (Å²) in [5.41, 5.74) is 12.4. The summed E-state index contributed by atoms with van der Waals surface area (Å²) in [6.07, 6.45) is 1.60. The topological polar surface area (TPSA) is 76.8 Å². The SMILES string of the molecule is Cc1cccc(C=NN=C(N)N)c1. The van der Waals surface area contributed by atoms with Crippen LogP contribution in [0, 0.1) is 6.92 Å². The van der Waals surface area contributed by atoms with Gasteiger partial charge in [-0.1, -0.05) is 29.8 Å². The van der Waals surface area contributed by atoms with Gasteiger partial charge in [0.25, 0.3) is 0 Å². The molecule has 0 spiro atoms. The van der Waals surface area contributed by atoms with Crippen LogP contribution >= 0.6 is 0 Å². The quantitative estimate of drug-likeness (QED) is 0.393. The number of rotatable bonds is 2. The molecule has 4 N–H and O–H groups in total. The molecular formula is C9H12N4. The largest absolute Gasteiger partial charge is 0.369 e. The van der Waals surface area contributed by atoms with Gasteiger partial charge in [-0.05, 0) is 12.5 Å². The second-order valence-corrected chi connectivity index (χ2v) is 2.68. The van der Waals surface area contributed by atoms with Crippen LogP contribution in [0.3, 0.4) is 0 Å². The molecule has 0 aliphatic rings. The predicted molar refractivity (Wildman–Crippen MR) is 54.6 cm³/mol. The van der Waals surface area contributed by atoms with Gasteiger partial charge < -0.3 is 11.5 Å². The first-order valence-electron chi connectivity index (χ1n) is 3.87. The maximum atomic E-state index is 5.10. The molecule has 4 heteroatoms. The fourth-order valence-corrected chi connectivity index (χ4v) is 0.913. The molecule has 1 rings (SSSR count). The molecule has 0 saturated heterocycles. The molecule has 4 nitrogen and oxygen atoms in total. The second-order valence-electron chi connectivity index (χ2n) is 2.68. The van der Waals surface area contributed by atoms with Gasteiger partial charge in [-0.3, -0.25) is 0 Å². The Hall–Kier alpha value is -1.84. The fourth-order valence-electron chi connectivity index (χ4n) is 0.913. The molecule has 1 aromatic carbocycles. The summed E-state index contributed by atoms with van der Waals surface area (Å²) in [6.45, 7) is 2.01. The zero-order chi connectivity index (χ0) is 9.68. The molecule has 0 radical (unpaired) electrons. The Kier molecular flexibility index (Phi) is 3.03. The molecule has 68 valence electrons. The van der Waals surface area contributed by atoms with Crippen LogP contribution in [0.4, 0.5) is 0 Å². The Bertz CT molecular complexity index is 337. The lowest BCUT2D eigenvalue weighted by atomic mass is 10.2. The molecule has 0 unspecified atom stereocenters. The lowest BCUT2D eigenvalue weighted by Gasteiger charge is -1.92. The summed E-state index contributed by atoms with van der Waals surface area (Å²) in [6, 6.07) is 7.88. The third-order valence-electron chi connectivity index (χ3n) is 1.42. The van der Waals surface area contributed by atoms with E-state index in [1.807, 2.05) is 31.2 Å². The highest BCUT2D eigenvalue weighted by Crippen LogP contribution is 2.00. The van der Waals surface area contributed by atoms with Crippen LogP contribution in [-0.2, 0) is 0 Å². The highest BCUT2D eigenvalue weighted by atomic mass is 15.3. The molecule has 0 amide bonds. The van der Waals surface area contributed by atoms with Crippen LogP contribution in [0.5, 0.6) is 0 Å². The third kappa shape index (κ3) is 3.37. The average molecular weight is 176 g/mol. The number of guanidine groups is 1. The molecule has 0 bridgehead atoms. The monoisotopic (exact) mass is 176 g/mol. The van der Waals surface area contributed by atoms with E-state index >= 15 is 0 Å². The van der Waals surface area contributed by atoms with Gasteiger partial charge >= 0.3 is 0 Å². The average Bonchev–Trinajstić information content (AvgIpc) is 2.03. The molecule has 0 heterocycles. The lowest BCUT2D eigenvalue weighted by molar-refractivity contribution is 1.21. The van der Waals surface area contributed by atoms with Gasteiger partial charge in [0.05, 0.1) is 6.21 Å². The third-order valence-corrected chi connectivity index (χ3v) is 1.42. The Morgan fingerprint density at radius 1 is 1.38 bits per heavy atom. The van der Waals surface area contributed by atoms with E-state index in [1.54, 1.807) is 6.21 Å². The van der Waals surface area contributed by atoms with Crippen LogP contribution in [0.15, 0.2) is 34.5 Å². The van der Waals surface area contributed by atoms with Crippen molar-refractivity contribution in [1.82, 2.24) is 0 Å². The van der Waals surface area contributed by atoms with Crippen molar-refractivity contribution in [3.8, 4) is 0 Å². The Labute approximate surface area is 77.0 Å². The summed E-state index contributed by atoms with van der Waals surface area (Å²) in [4.78, 5) is 0. The first kappa shape index (κ1) is 9.25. The Morgan fingerprint density at radius 3 is 2.77 bits per heavy atom. The summed E-state index contributed by atoms with van der Waals surface area (Å²) >= 11 is 0. The van der Waals surface area contributed by atoms with Gasteiger partial charge in [0.2, 0.25) is 5.96 Å². The van der Waals surface area contributed by atoms with Gasteiger partial charge in [-0.2, -0.15) is 5.10 Å². The van der Waals surface area contributed by atoms with E-state index in [-0.39, 0.29) is 5.96 Å². The molecule has 13 heavy (non-hydrogen) atoms. The molecule has 0 saturated carbocycles. The first-order chi connectivity index (χ1) is 6.18. The van der Waals surface area contributed by atoms with E-state index in [0.717, 1.165) is 5.56 Å².